The van der Waals surface area contributed by atoms with Gasteiger partial charge in [-0.15, -0.1) is 11.3 Å². The van der Waals surface area contributed by atoms with Crippen molar-refractivity contribution in [1.82, 2.24) is 14.5 Å². The van der Waals surface area contributed by atoms with Crippen LogP contribution in [0.3, 0.4) is 0 Å². The first-order valence-corrected chi connectivity index (χ1v) is 10.2. The van der Waals surface area contributed by atoms with Gasteiger partial charge < -0.3 is 4.90 Å². The first kappa shape index (κ1) is 17.5. The van der Waals surface area contributed by atoms with E-state index in [0.717, 1.165) is 54.3 Å². The minimum atomic E-state index is -0.141. The van der Waals surface area contributed by atoms with Gasteiger partial charge in [-0.05, 0) is 43.8 Å². The van der Waals surface area contributed by atoms with Crippen LogP contribution in [-0.2, 0) is 11.3 Å². The smallest absolute Gasteiger partial charge is 0.263 e. The zero-order valence-corrected chi connectivity index (χ0v) is 16.0. The molecule has 3 heterocycles. The molecule has 2 aliphatic rings. The van der Waals surface area contributed by atoms with E-state index in [1.807, 2.05) is 22.4 Å². The second-order valence-corrected chi connectivity index (χ2v) is 8.11. The summed E-state index contributed by atoms with van der Waals surface area (Å²) in [6.45, 7) is 1.63. The molecule has 0 saturated carbocycles. The Balaban J connectivity index is 1.67. The molecule has 0 bridgehead atoms. The predicted molar refractivity (Wildman–Crippen MR) is 105 cm³/mol. The van der Waals surface area contributed by atoms with E-state index in [0.29, 0.717) is 10.9 Å². The molecule has 2 aromatic heterocycles. The first-order valence-electron chi connectivity index (χ1n) is 8.93. The van der Waals surface area contributed by atoms with Crippen molar-refractivity contribution < 1.29 is 4.79 Å². The lowest BCUT2D eigenvalue weighted by molar-refractivity contribution is -0.132. The summed E-state index contributed by atoms with van der Waals surface area (Å²) in [6.07, 6.45) is 10.2. The van der Waals surface area contributed by atoms with Crippen LogP contribution in [0.1, 0.15) is 37.0 Å². The van der Waals surface area contributed by atoms with Crippen molar-refractivity contribution in [2.45, 2.75) is 38.6 Å². The summed E-state index contributed by atoms with van der Waals surface area (Å²) in [5.74, 6) is -0.00340. The van der Waals surface area contributed by atoms with E-state index in [4.69, 9.17) is 11.6 Å². The van der Waals surface area contributed by atoms with Gasteiger partial charge in [-0.2, -0.15) is 0 Å². The van der Waals surface area contributed by atoms with Crippen LogP contribution < -0.4 is 5.56 Å². The molecule has 2 aromatic rings. The zero-order valence-electron chi connectivity index (χ0n) is 14.4. The summed E-state index contributed by atoms with van der Waals surface area (Å²) in [4.78, 5) is 32.7. The molecule has 1 aliphatic heterocycles. The van der Waals surface area contributed by atoms with Gasteiger partial charge in [0.25, 0.3) is 5.56 Å². The van der Waals surface area contributed by atoms with E-state index in [-0.39, 0.29) is 18.0 Å². The average molecular weight is 390 g/mol. The van der Waals surface area contributed by atoms with Crippen molar-refractivity contribution in [3.63, 3.8) is 0 Å². The number of piperidine rings is 1. The number of carbonyl (C=O) groups excluding carboxylic acids is 1. The third-order valence-corrected chi connectivity index (χ3v) is 6.35. The summed E-state index contributed by atoms with van der Waals surface area (Å²) >= 11 is 7.58. The summed E-state index contributed by atoms with van der Waals surface area (Å²) < 4.78 is 1.45. The van der Waals surface area contributed by atoms with Crippen LogP contribution in [0.25, 0.3) is 16.5 Å². The summed E-state index contributed by atoms with van der Waals surface area (Å²) in [5, 5.41) is 3.35. The minimum Gasteiger partial charge on any atom is -0.341 e. The number of aromatic nitrogens is 2. The Labute approximate surface area is 160 Å². The highest BCUT2D eigenvalue weighted by atomic mass is 35.5. The minimum absolute atomic E-state index is 0.00340. The molecule has 1 aliphatic carbocycles. The van der Waals surface area contributed by atoms with Gasteiger partial charge >= 0.3 is 0 Å². The van der Waals surface area contributed by atoms with Gasteiger partial charge in [-0.1, -0.05) is 17.7 Å². The number of hydrogen-bond donors (Lipinski definition) is 0. The van der Waals surface area contributed by atoms with Gasteiger partial charge in [0.2, 0.25) is 5.91 Å². The molecule has 0 unspecified atom stereocenters. The lowest BCUT2D eigenvalue weighted by atomic mass is 10.0. The van der Waals surface area contributed by atoms with Gasteiger partial charge in [0.1, 0.15) is 6.54 Å². The molecule has 1 amide bonds. The van der Waals surface area contributed by atoms with Gasteiger partial charge in [-0.25, -0.2) is 4.98 Å². The molecule has 0 radical (unpaired) electrons. The largest absolute Gasteiger partial charge is 0.341 e. The number of rotatable bonds is 3. The van der Waals surface area contributed by atoms with E-state index in [2.05, 4.69) is 4.98 Å². The molecule has 26 heavy (non-hydrogen) atoms. The average Bonchev–Trinajstić information content (AvgIpc) is 3.10. The Morgan fingerprint density at radius 2 is 2.00 bits per heavy atom. The van der Waals surface area contributed by atoms with Gasteiger partial charge in [-0.3, -0.25) is 14.2 Å². The van der Waals surface area contributed by atoms with E-state index in [9.17, 15) is 9.59 Å². The van der Waals surface area contributed by atoms with Crippen molar-refractivity contribution >= 4 is 45.3 Å². The highest BCUT2D eigenvalue weighted by molar-refractivity contribution is 7.12. The maximum absolute atomic E-state index is 13.0. The highest BCUT2D eigenvalue weighted by Crippen LogP contribution is 2.34. The van der Waals surface area contributed by atoms with Gasteiger partial charge in [0.15, 0.2) is 0 Å². The number of nitrogens with zero attached hydrogens (tertiary/aromatic N) is 3. The van der Waals surface area contributed by atoms with Crippen LogP contribution >= 0.6 is 22.9 Å². The molecule has 136 valence electrons. The molecule has 7 heteroatoms. The number of fused-ring (bicyclic) bond motifs is 1. The van der Waals surface area contributed by atoms with E-state index in [1.165, 1.54) is 28.7 Å². The van der Waals surface area contributed by atoms with E-state index >= 15 is 0 Å². The second kappa shape index (κ2) is 7.37. The normalized spacial score (nSPS) is 18.0. The third kappa shape index (κ3) is 3.35. The number of thiophene rings is 1. The Bertz CT molecular complexity index is 967. The van der Waals surface area contributed by atoms with Gasteiger partial charge in [0, 0.05) is 28.4 Å². The van der Waals surface area contributed by atoms with Crippen LogP contribution in [0, 0.1) is 0 Å². The van der Waals surface area contributed by atoms with Crippen LogP contribution in [0.2, 0.25) is 0 Å². The van der Waals surface area contributed by atoms with Crippen molar-refractivity contribution in [3.8, 4) is 0 Å². The van der Waals surface area contributed by atoms with E-state index < -0.39 is 0 Å². The lowest BCUT2D eigenvalue weighted by Crippen LogP contribution is -2.39. The molecule has 1 fully saturated rings. The molecule has 0 N–H and O–H groups in total. The summed E-state index contributed by atoms with van der Waals surface area (Å²) in [7, 11) is 0. The summed E-state index contributed by atoms with van der Waals surface area (Å²) in [5.41, 5.74) is 1.66. The Morgan fingerprint density at radius 3 is 2.73 bits per heavy atom. The molecule has 0 spiro atoms. The molecule has 0 atom stereocenters. The summed E-state index contributed by atoms with van der Waals surface area (Å²) in [6, 6.07) is 0. The maximum Gasteiger partial charge on any atom is 0.263 e. The standard InChI is InChI=1S/C19H20ClN3O2S/c20-14-6-4-13(5-7-14)18-17-15(11-26-18)21-12-23(19(17)25)10-16(24)22-8-2-1-3-9-22/h4,6,11-12H,1-3,5,7-10H2. The monoisotopic (exact) mass is 389 g/mol. The predicted octanol–water partition coefficient (Wildman–Crippen LogP) is 3.77. The van der Waals surface area contributed by atoms with Crippen molar-refractivity contribution in [2.24, 2.45) is 0 Å². The SMILES string of the molecule is O=C(Cn1cnc2csc(C3=CC=C(Cl)CC3)c2c1=O)N1CCCCC1. The fraction of sp³-hybridized carbons (Fsp3) is 0.421. The molecular weight excluding hydrogens is 370 g/mol. The Kier molecular flexibility index (Phi) is 4.96. The van der Waals surface area contributed by atoms with E-state index in [1.54, 1.807) is 0 Å². The van der Waals surface area contributed by atoms with Gasteiger partial charge in [0.05, 0.1) is 17.2 Å². The first-order chi connectivity index (χ1) is 12.6. The topological polar surface area (TPSA) is 55.2 Å². The van der Waals surface area contributed by atoms with Crippen molar-refractivity contribution in [3.05, 3.63) is 44.1 Å². The number of carbonyl (C=O) groups is 1. The fourth-order valence-electron chi connectivity index (χ4n) is 3.52. The number of likely N-dealkylation sites (tertiary alicyclic amines) is 1. The quantitative estimate of drug-likeness (QED) is 0.802. The zero-order chi connectivity index (χ0) is 18.1. The fourth-order valence-corrected chi connectivity index (χ4v) is 4.71. The number of hydrogen-bond acceptors (Lipinski definition) is 4. The van der Waals surface area contributed by atoms with Crippen LogP contribution in [0.4, 0.5) is 0 Å². The second-order valence-electron chi connectivity index (χ2n) is 6.75. The van der Waals surface area contributed by atoms with Crippen LogP contribution in [0.15, 0.2) is 33.7 Å². The lowest BCUT2D eigenvalue weighted by Gasteiger charge is -2.26. The third-order valence-electron chi connectivity index (χ3n) is 4.99. The Hall–Kier alpha value is -1.92. The van der Waals surface area contributed by atoms with Crippen molar-refractivity contribution in [2.75, 3.05) is 13.1 Å². The van der Waals surface area contributed by atoms with Crippen LogP contribution in [0.5, 0.6) is 0 Å². The van der Waals surface area contributed by atoms with Crippen molar-refractivity contribution in [1.29, 1.82) is 0 Å². The highest BCUT2D eigenvalue weighted by Gasteiger charge is 2.20. The molecule has 5 nitrogen and oxygen atoms in total. The number of allylic oxidation sites excluding steroid dienone is 4. The maximum atomic E-state index is 13.0. The van der Waals surface area contributed by atoms with Crippen LogP contribution in [-0.4, -0.2) is 33.4 Å². The molecule has 1 saturated heterocycles. The molecular formula is C19H20ClN3O2S. The Morgan fingerprint density at radius 1 is 1.19 bits per heavy atom. The number of halogens is 1. The number of amides is 1. The molecule has 0 aromatic carbocycles. The molecule has 4 rings (SSSR count).